The second kappa shape index (κ2) is 6.89. The molecule has 0 spiro atoms. The molecule has 0 saturated carbocycles. The number of carbonyl (C=O) groups is 1. The first-order chi connectivity index (χ1) is 8.09. The molecule has 3 unspecified atom stereocenters. The number of halogens is 2. The number of piperidine rings is 1. The maximum atomic E-state index is 12.1. The zero-order valence-corrected chi connectivity index (χ0v) is 13.6. The number of nitrogens with one attached hydrogen (secondary N) is 2. The molecule has 0 bridgehead atoms. The van der Waals surface area contributed by atoms with Crippen molar-refractivity contribution in [2.75, 3.05) is 6.54 Å². The van der Waals surface area contributed by atoms with Crippen molar-refractivity contribution in [3.05, 3.63) is 20.8 Å². The lowest BCUT2D eigenvalue weighted by atomic mass is 9.89. The van der Waals surface area contributed by atoms with Crippen LogP contribution >= 0.6 is 39.7 Å². The van der Waals surface area contributed by atoms with Crippen LogP contribution in [-0.2, 0) is 0 Å². The largest absolute Gasteiger partial charge is 0.347 e. The van der Waals surface area contributed by atoms with Crippen molar-refractivity contribution >= 4 is 45.6 Å². The minimum Gasteiger partial charge on any atom is -0.347 e. The van der Waals surface area contributed by atoms with Crippen molar-refractivity contribution in [1.29, 1.82) is 0 Å². The maximum absolute atomic E-state index is 12.1. The molecule has 1 fully saturated rings. The fourth-order valence-electron chi connectivity index (χ4n) is 2.28. The van der Waals surface area contributed by atoms with E-state index in [2.05, 4.69) is 40.4 Å². The highest BCUT2D eigenvalue weighted by atomic mass is 79.9. The molecule has 0 aliphatic carbocycles. The molecular weight excluding hydrogens is 336 g/mol. The lowest BCUT2D eigenvalue weighted by Crippen LogP contribution is -2.55. The normalized spacial score (nSPS) is 27.4. The summed E-state index contributed by atoms with van der Waals surface area (Å²) in [7, 11) is 0. The Labute approximate surface area is 126 Å². The molecule has 0 aromatic carbocycles. The SMILES string of the molecule is CC1CCNC(C)C1NC(=O)c1sccc1Br.Cl. The Bertz CT molecular complexity index is 403. The lowest BCUT2D eigenvalue weighted by molar-refractivity contribution is 0.0901. The highest BCUT2D eigenvalue weighted by Gasteiger charge is 2.29. The van der Waals surface area contributed by atoms with Crippen molar-refractivity contribution < 1.29 is 4.79 Å². The van der Waals surface area contributed by atoms with Gasteiger partial charge in [-0.25, -0.2) is 0 Å². The van der Waals surface area contributed by atoms with E-state index in [1.54, 1.807) is 0 Å². The Kier molecular flexibility index (Phi) is 6.11. The molecule has 18 heavy (non-hydrogen) atoms. The Balaban J connectivity index is 0.00000162. The average molecular weight is 354 g/mol. The number of carbonyl (C=O) groups excluding carboxylic acids is 1. The molecule has 102 valence electrons. The molecule has 1 aliphatic heterocycles. The van der Waals surface area contributed by atoms with Gasteiger partial charge in [0.05, 0.1) is 0 Å². The molecule has 1 aromatic rings. The van der Waals surface area contributed by atoms with Crippen LogP contribution in [0.2, 0.25) is 0 Å². The number of rotatable bonds is 2. The summed E-state index contributed by atoms with van der Waals surface area (Å²) < 4.78 is 0.879. The van der Waals surface area contributed by atoms with Gasteiger partial charge in [-0.1, -0.05) is 6.92 Å². The molecule has 3 nitrogen and oxygen atoms in total. The second-order valence-corrected chi connectivity index (χ2v) is 6.38. The molecule has 2 N–H and O–H groups in total. The van der Waals surface area contributed by atoms with Gasteiger partial charge >= 0.3 is 0 Å². The van der Waals surface area contributed by atoms with Crippen LogP contribution in [0.4, 0.5) is 0 Å². The molecular formula is C12H18BrClN2OS. The van der Waals surface area contributed by atoms with Gasteiger partial charge in [0.2, 0.25) is 0 Å². The third kappa shape index (κ3) is 3.47. The van der Waals surface area contributed by atoms with Crippen LogP contribution < -0.4 is 10.6 Å². The summed E-state index contributed by atoms with van der Waals surface area (Å²) in [6.07, 6.45) is 1.11. The van der Waals surface area contributed by atoms with Gasteiger partial charge in [-0.2, -0.15) is 0 Å². The van der Waals surface area contributed by atoms with Gasteiger partial charge in [0.15, 0.2) is 0 Å². The van der Waals surface area contributed by atoms with E-state index < -0.39 is 0 Å². The molecule has 1 aromatic heterocycles. The second-order valence-electron chi connectivity index (χ2n) is 4.61. The summed E-state index contributed by atoms with van der Waals surface area (Å²) in [5, 5.41) is 8.47. The van der Waals surface area contributed by atoms with Crippen molar-refractivity contribution in [2.24, 2.45) is 5.92 Å². The Morgan fingerprint density at radius 1 is 1.56 bits per heavy atom. The number of hydrogen-bond donors (Lipinski definition) is 2. The molecule has 6 heteroatoms. The van der Waals surface area contributed by atoms with Crippen LogP contribution in [0.5, 0.6) is 0 Å². The first-order valence-corrected chi connectivity index (χ1v) is 7.54. The predicted octanol–water partition coefficient (Wildman–Crippen LogP) is 3.05. The molecule has 0 radical (unpaired) electrons. The van der Waals surface area contributed by atoms with Crippen molar-refractivity contribution in [3.8, 4) is 0 Å². The molecule has 2 rings (SSSR count). The van der Waals surface area contributed by atoms with Gasteiger partial charge in [-0.15, -0.1) is 23.7 Å². The van der Waals surface area contributed by atoms with E-state index in [0.29, 0.717) is 12.0 Å². The average Bonchev–Trinajstić information content (AvgIpc) is 2.70. The number of hydrogen-bond acceptors (Lipinski definition) is 3. The van der Waals surface area contributed by atoms with Crippen LogP contribution in [-0.4, -0.2) is 24.5 Å². The molecule has 1 saturated heterocycles. The monoisotopic (exact) mass is 352 g/mol. The van der Waals surface area contributed by atoms with Crippen molar-refractivity contribution in [2.45, 2.75) is 32.4 Å². The lowest BCUT2D eigenvalue weighted by Gasteiger charge is -2.35. The number of amides is 1. The van der Waals surface area contributed by atoms with Crippen LogP contribution in [0.25, 0.3) is 0 Å². The van der Waals surface area contributed by atoms with E-state index >= 15 is 0 Å². The molecule has 1 aliphatic rings. The predicted molar refractivity (Wildman–Crippen MR) is 81.8 cm³/mol. The van der Waals surface area contributed by atoms with Crippen LogP contribution in [0.1, 0.15) is 29.9 Å². The Morgan fingerprint density at radius 3 is 2.83 bits per heavy atom. The van der Waals surface area contributed by atoms with Crippen LogP contribution in [0.3, 0.4) is 0 Å². The Hall–Kier alpha value is -0.100. The van der Waals surface area contributed by atoms with Crippen LogP contribution in [0.15, 0.2) is 15.9 Å². The quantitative estimate of drug-likeness (QED) is 0.858. The van der Waals surface area contributed by atoms with E-state index in [9.17, 15) is 4.79 Å². The smallest absolute Gasteiger partial charge is 0.262 e. The summed E-state index contributed by atoms with van der Waals surface area (Å²) in [4.78, 5) is 12.9. The Morgan fingerprint density at radius 2 is 2.28 bits per heavy atom. The topological polar surface area (TPSA) is 41.1 Å². The first-order valence-electron chi connectivity index (χ1n) is 5.87. The first kappa shape index (κ1) is 16.0. The van der Waals surface area contributed by atoms with Gasteiger partial charge in [0.1, 0.15) is 4.88 Å². The third-order valence-electron chi connectivity index (χ3n) is 3.34. The van der Waals surface area contributed by atoms with E-state index in [4.69, 9.17) is 0 Å². The molecule has 3 atom stereocenters. The minimum atomic E-state index is 0. The summed E-state index contributed by atoms with van der Waals surface area (Å²) in [5.74, 6) is 0.549. The van der Waals surface area contributed by atoms with Gasteiger partial charge in [0, 0.05) is 16.6 Å². The standard InChI is InChI=1S/C12H17BrN2OS.ClH/c1-7-3-5-14-8(2)10(7)15-12(16)11-9(13)4-6-17-11;/h4,6-8,10,14H,3,5H2,1-2H3,(H,15,16);1H. The maximum Gasteiger partial charge on any atom is 0.262 e. The fourth-order valence-corrected chi connectivity index (χ4v) is 3.73. The summed E-state index contributed by atoms with van der Waals surface area (Å²) >= 11 is 4.87. The van der Waals surface area contributed by atoms with E-state index in [1.807, 2.05) is 11.4 Å². The van der Waals surface area contributed by atoms with E-state index in [-0.39, 0.29) is 24.4 Å². The minimum absolute atomic E-state index is 0. The highest BCUT2D eigenvalue weighted by molar-refractivity contribution is 9.10. The molecule has 1 amide bonds. The third-order valence-corrected chi connectivity index (χ3v) is 5.18. The van der Waals surface area contributed by atoms with Gasteiger partial charge in [-0.3, -0.25) is 4.79 Å². The summed E-state index contributed by atoms with van der Waals surface area (Å²) in [5.41, 5.74) is 0. The van der Waals surface area contributed by atoms with Gasteiger partial charge < -0.3 is 10.6 Å². The van der Waals surface area contributed by atoms with Crippen molar-refractivity contribution in [1.82, 2.24) is 10.6 Å². The number of thiophene rings is 1. The van der Waals surface area contributed by atoms with Crippen LogP contribution in [0, 0.1) is 5.92 Å². The fraction of sp³-hybridized carbons (Fsp3) is 0.583. The highest BCUT2D eigenvalue weighted by Crippen LogP contribution is 2.24. The summed E-state index contributed by atoms with van der Waals surface area (Å²) in [6, 6.07) is 2.46. The van der Waals surface area contributed by atoms with E-state index in [0.717, 1.165) is 22.3 Å². The zero-order valence-electron chi connectivity index (χ0n) is 10.4. The van der Waals surface area contributed by atoms with Gasteiger partial charge in [-0.05, 0) is 53.2 Å². The summed E-state index contributed by atoms with van der Waals surface area (Å²) in [6.45, 7) is 5.37. The van der Waals surface area contributed by atoms with Crippen molar-refractivity contribution in [3.63, 3.8) is 0 Å². The molecule has 2 heterocycles. The van der Waals surface area contributed by atoms with E-state index in [1.165, 1.54) is 11.3 Å². The zero-order chi connectivity index (χ0) is 12.4. The van der Waals surface area contributed by atoms with Gasteiger partial charge in [0.25, 0.3) is 5.91 Å².